The number of rotatable bonds is 3. The van der Waals surface area contributed by atoms with E-state index in [-0.39, 0.29) is 5.97 Å². The summed E-state index contributed by atoms with van der Waals surface area (Å²) in [6.45, 7) is 0. The summed E-state index contributed by atoms with van der Waals surface area (Å²) in [6, 6.07) is 12.6. The van der Waals surface area contributed by atoms with Crippen LogP contribution in [-0.4, -0.2) is 25.2 Å². The van der Waals surface area contributed by atoms with Crippen molar-refractivity contribution in [3.63, 3.8) is 0 Å². The summed E-state index contributed by atoms with van der Waals surface area (Å²) in [5, 5.41) is 0. The Morgan fingerprint density at radius 2 is 1.83 bits per heavy atom. The second-order valence-corrected chi connectivity index (χ2v) is 3.60. The second kappa shape index (κ2) is 5.31. The zero-order valence-electron chi connectivity index (χ0n) is 10.2. The molecule has 0 atom stereocenters. The number of carbonyl (C=O) groups is 1. The Morgan fingerprint density at radius 3 is 2.56 bits per heavy atom. The monoisotopic (exact) mass is 243 g/mol. The summed E-state index contributed by atoms with van der Waals surface area (Å²) in [5.41, 5.74) is 1.89. The van der Waals surface area contributed by atoms with E-state index in [1.165, 1.54) is 7.11 Å². The van der Waals surface area contributed by atoms with Crippen LogP contribution in [0.3, 0.4) is 0 Å². The number of ether oxygens (including phenoxy) is 2. The van der Waals surface area contributed by atoms with Crippen LogP contribution in [0.5, 0.6) is 5.88 Å². The molecule has 4 heteroatoms. The van der Waals surface area contributed by atoms with Crippen molar-refractivity contribution in [2.45, 2.75) is 0 Å². The lowest BCUT2D eigenvalue weighted by Gasteiger charge is -2.08. The van der Waals surface area contributed by atoms with Gasteiger partial charge in [-0.05, 0) is 12.1 Å². The Bertz CT molecular complexity index is 566. The summed E-state index contributed by atoms with van der Waals surface area (Å²) in [4.78, 5) is 16.0. The fraction of sp³-hybridized carbons (Fsp3) is 0.143. The van der Waals surface area contributed by atoms with Gasteiger partial charge < -0.3 is 9.47 Å². The fourth-order valence-corrected chi connectivity index (χ4v) is 1.67. The normalized spacial score (nSPS) is 9.89. The van der Waals surface area contributed by atoms with Crippen molar-refractivity contribution in [3.05, 3.63) is 48.0 Å². The number of nitrogens with zero attached hydrogens (tertiary/aromatic N) is 1. The SMILES string of the molecule is COC(=O)c1ccccc1-c1cccc(OC)n1. The molecule has 0 saturated heterocycles. The van der Waals surface area contributed by atoms with Gasteiger partial charge in [0.1, 0.15) is 0 Å². The number of aromatic nitrogens is 1. The molecule has 0 amide bonds. The molecule has 4 nitrogen and oxygen atoms in total. The molecule has 92 valence electrons. The molecule has 2 rings (SSSR count). The van der Waals surface area contributed by atoms with Gasteiger partial charge >= 0.3 is 5.97 Å². The smallest absolute Gasteiger partial charge is 0.338 e. The highest BCUT2D eigenvalue weighted by Crippen LogP contribution is 2.24. The van der Waals surface area contributed by atoms with Gasteiger partial charge in [0, 0.05) is 11.6 Å². The van der Waals surface area contributed by atoms with Crippen LogP contribution in [0, 0.1) is 0 Å². The van der Waals surface area contributed by atoms with Gasteiger partial charge in [0.15, 0.2) is 0 Å². The topological polar surface area (TPSA) is 48.4 Å². The van der Waals surface area contributed by atoms with Gasteiger partial charge in [-0.3, -0.25) is 0 Å². The molecule has 2 aromatic rings. The highest BCUT2D eigenvalue weighted by atomic mass is 16.5. The number of benzene rings is 1. The molecular formula is C14H13NO3. The first-order chi connectivity index (χ1) is 8.76. The first kappa shape index (κ1) is 12.1. The number of hydrogen-bond donors (Lipinski definition) is 0. The third-order valence-corrected chi connectivity index (χ3v) is 2.54. The van der Waals surface area contributed by atoms with Crippen LogP contribution < -0.4 is 4.74 Å². The minimum absolute atomic E-state index is 0.379. The highest BCUT2D eigenvalue weighted by Gasteiger charge is 2.13. The summed E-state index contributed by atoms with van der Waals surface area (Å²) in [5.74, 6) is 0.127. The summed E-state index contributed by atoms with van der Waals surface area (Å²) >= 11 is 0. The predicted molar refractivity (Wildman–Crippen MR) is 67.6 cm³/mol. The van der Waals surface area contributed by atoms with E-state index in [1.807, 2.05) is 24.3 Å². The zero-order valence-corrected chi connectivity index (χ0v) is 10.2. The van der Waals surface area contributed by atoms with E-state index in [0.717, 1.165) is 5.56 Å². The van der Waals surface area contributed by atoms with Gasteiger partial charge in [-0.25, -0.2) is 9.78 Å². The molecule has 0 aliphatic rings. The van der Waals surface area contributed by atoms with Crippen LogP contribution in [0.4, 0.5) is 0 Å². The van der Waals surface area contributed by atoms with E-state index >= 15 is 0 Å². The molecule has 0 N–H and O–H groups in total. The Balaban J connectivity index is 2.53. The van der Waals surface area contributed by atoms with Crippen molar-refractivity contribution in [3.8, 4) is 17.1 Å². The van der Waals surface area contributed by atoms with Gasteiger partial charge in [0.25, 0.3) is 0 Å². The van der Waals surface area contributed by atoms with Gasteiger partial charge in [0.05, 0.1) is 25.5 Å². The molecule has 1 aromatic heterocycles. The number of pyridine rings is 1. The standard InChI is InChI=1S/C14H13NO3/c1-17-13-9-5-8-12(15-13)10-6-3-4-7-11(10)14(16)18-2/h3-9H,1-2H3. The van der Waals surface area contributed by atoms with Crippen LogP contribution >= 0.6 is 0 Å². The molecule has 0 aliphatic carbocycles. The quantitative estimate of drug-likeness (QED) is 0.777. The van der Waals surface area contributed by atoms with E-state index in [2.05, 4.69) is 4.98 Å². The van der Waals surface area contributed by atoms with Crippen molar-refractivity contribution >= 4 is 5.97 Å². The second-order valence-electron chi connectivity index (χ2n) is 3.60. The maximum absolute atomic E-state index is 11.7. The molecule has 0 fully saturated rings. The molecule has 0 radical (unpaired) electrons. The molecule has 0 bridgehead atoms. The lowest BCUT2D eigenvalue weighted by molar-refractivity contribution is 0.0601. The number of methoxy groups -OCH3 is 2. The van der Waals surface area contributed by atoms with E-state index in [4.69, 9.17) is 9.47 Å². The summed E-state index contributed by atoms with van der Waals surface area (Å²) in [6.07, 6.45) is 0. The van der Waals surface area contributed by atoms with Crippen molar-refractivity contribution in [1.29, 1.82) is 0 Å². The average molecular weight is 243 g/mol. The Kier molecular flexibility index (Phi) is 3.57. The predicted octanol–water partition coefficient (Wildman–Crippen LogP) is 2.54. The lowest BCUT2D eigenvalue weighted by Crippen LogP contribution is -2.04. The maximum Gasteiger partial charge on any atom is 0.338 e. The summed E-state index contributed by atoms with van der Waals surface area (Å²) < 4.78 is 9.83. The Labute approximate surface area is 105 Å². The minimum Gasteiger partial charge on any atom is -0.481 e. The van der Waals surface area contributed by atoms with E-state index in [0.29, 0.717) is 17.1 Å². The van der Waals surface area contributed by atoms with Gasteiger partial charge in [-0.2, -0.15) is 0 Å². The maximum atomic E-state index is 11.7. The summed E-state index contributed by atoms with van der Waals surface area (Å²) in [7, 11) is 2.91. The molecule has 0 spiro atoms. The molecule has 0 unspecified atom stereocenters. The van der Waals surface area contributed by atoms with Crippen LogP contribution in [0.1, 0.15) is 10.4 Å². The average Bonchev–Trinajstić information content (AvgIpc) is 2.46. The number of hydrogen-bond acceptors (Lipinski definition) is 4. The number of carbonyl (C=O) groups excluding carboxylic acids is 1. The molecule has 1 aromatic carbocycles. The lowest BCUT2D eigenvalue weighted by atomic mass is 10.0. The van der Waals surface area contributed by atoms with Crippen LogP contribution in [0.15, 0.2) is 42.5 Å². The van der Waals surface area contributed by atoms with Gasteiger partial charge in [0.2, 0.25) is 5.88 Å². The van der Waals surface area contributed by atoms with E-state index in [9.17, 15) is 4.79 Å². The van der Waals surface area contributed by atoms with Gasteiger partial charge in [-0.15, -0.1) is 0 Å². The van der Waals surface area contributed by atoms with E-state index in [1.54, 1.807) is 25.3 Å². The van der Waals surface area contributed by atoms with Crippen molar-refractivity contribution in [2.24, 2.45) is 0 Å². The molecule has 0 saturated carbocycles. The van der Waals surface area contributed by atoms with Crippen LogP contribution in [0.2, 0.25) is 0 Å². The Morgan fingerprint density at radius 1 is 1.06 bits per heavy atom. The first-order valence-electron chi connectivity index (χ1n) is 5.45. The van der Waals surface area contributed by atoms with Crippen molar-refractivity contribution in [2.75, 3.05) is 14.2 Å². The minimum atomic E-state index is -0.379. The van der Waals surface area contributed by atoms with Crippen molar-refractivity contribution in [1.82, 2.24) is 4.98 Å². The van der Waals surface area contributed by atoms with Gasteiger partial charge in [-0.1, -0.05) is 24.3 Å². The molecule has 1 heterocycles. The highest BCUT2D eigenvalue weighted by molar-refractivity contribution is 5.96. The largest absolute Gasteiger partial charge is 0.481 e. The third kappa shape index (κ3) is 2.32. The fourth-order valence-electron chi connectivity index (χ4n) is 1.67. The van der Waals surface area contributed by atoms with Crippen LogP contribution in [-0.2, 0) is 4.74 Å². The molecular weight excluding hydrogens is 230 g/mol. The zero-order chi connectivity index (χ0) is 13.0. The third-order valence-electron chi connectivity index (χ3n) is 2.54. The first-order valence-corrected chi connectivity index (χ1v) is 5.45. The number of esters is 1. The molecule has 0 aliphatic heterocycles. The van der Waals surface area contributed by atoms with E-state index < -0.39 is 0 Å². The van der Waals surface area contributed by atoms with Crippen LogP contribution in [0.25, 0.3) is 11.3 Å². The van der Waals surface area contributed by atoms with Crippen molar-refractivity contribution < 1.29 is 14.3 Å². The Hall–Kier alpha value is -2.36. The molecule has 18 heavy (non-hydrogen) atoms.